The first-order chi connectivity index (χ1) is 16.7. The van der Waals surface area contributed by atoms with E-state index in [1.54, 1.807) is 25.4 Å². The fraction of sp³-hybridized carbons (Fsp3) is 0.593. The van der Waals surface area contributed by atoms with Gasteiger partial charge < -0.3 is 14.2 Å². The lowest BCUT2D eigenvalue weighted by Gasteiger charge is -2.37. The molecule has 1 aliphatic heterocycles. The van der Waals surface area contributed by atoms with E-state index in [-0.39, 0.29) is 29.9 Å². The van der Waals surface area contributed by atoms with E-state index in [0.717, 1.165) is 48.4 Å². The molecule has 1 fully saturated rings. The summed E-state index contributed by atoms with van der Waals surface area (Å²) in [6, 6.07) is 5.64. The second-order valence-corrected chi connectivity index (χ2v) is 11.5. The number of ether oxygens (including phenoxy) is 3. The van der Waals surface area contributed by atoms with Gasteiger partial charge in [-0.3, -0.25) is 14.5 Å². The largest absolute Gasteiger partial charge is 0.479 e. The van der Waals surface area contributed by atoms with E-state index in [9.17, 15) is 9.59 Å². The first-order valence-corrected chi connectivity index (χ1v) is 13.3. The number of esters is 1. The van der Waals surface area contributed by atoms with Crippen molar-refractivity contribution in [3.8, 4) is 17.0 Å². The Morgan fingerprint density at radius 1 is 1.23 bits per heavy atom. The van der Waals surface area contributed by atoms with Crippen LogP contribution in [-0.4, -0.2) is 49.3 Å². The van der Waals surface area contributed by atoms with Crippen molar-refractivity contribution in [3.05, 3.63) is 28.6 Å². The smallest absolute Gasteiger partial charge is 0.326 e. The van der Waals surface area contributed by atoms with Crippen LogP contribution < -0.4 is 9.64 Å². The second kappa shape index (κ2) is 10.7. The predicted molar refractivity (Wildman–Crippen MR) is 137 cm³/mol. The highest BCUT2D eigenvalue weighted by molar-refractivity contribution is 7.09. The number of hydrogen-bond acceptors (Lipinski definition) is 7. The number of carbonyl (C=O) groups is 2. The number of anilines is 1. The Balaban J connectivity index is 1.46. The van der Waals surface area contributed by atoms with Crippen molar-refractivity contribution >= 4 is 28.9 Å². The summed E-state index contributed by atoms with van der Waals surface area (Å²) in [4.78, 5) is 32.1. The minimum absolute atomic E-state index is 0.0824. The number of hydrogen-bond donors (Lipinski definition) is 0. The molecule has 0 N–H and O–H groups in total. The van der Waals surface area contributed by atoms with Crippen LogP contribution >= 0.6 is 11.3 Å². The standard InChI is InChI=1S/C27H36N2O5S/c1-17-26(31)29(15-25(30)34-20-9-7-19(8-10-20)27(2,3)4)22-14-18(6-11-23(22)33-17)21-16-35-24(28-21)12-13-32-5/h6,11,14,16-17,19-20H,7-10,12-13,15H2,1-5H3. The quantitative estimate of drug-likeness (QED) is 0.483. The van der Waals surface area contributed by atoms with Gasteiger partial charge in [0.1, 0.15) is 18.4 Å². The lowest BCUT2D eigenvalue weighted by atomic mass is 9.72. The molecule has 1 unspecified atom stereocenters. The van der Waals surface area contributed by atoms with Gasteiger partial charge >= 0.3 is 5.97 Å². The number of benzene rings is 1. The van der Waals surface area contributed by atoms with Crippen LogP contribution in [0.25, 0.3) is 11.3 Å². The Hall–Kier alpha value is -2.45. The number of methoxy groups -OCH3 is 1. The number of nitrogens with zero attached hydrogens (tertiary/aromatic N) is 2. The number of rotatable bonds is 7. The maximum atomic E-state index is 13.0. The van der Waals surface area contributed by atoms with Gasteiger partial charge in [0.2, 0.25) is 0 Å². The molecule has 2 aromatic rings. The van der Waals surface area contributed by atoms with Crippen LogP contribution in [0.2, 0.25) is 0 Å². The van der Waals surface area contributed by atoms with E-state index in [0.29, 0.717) is 24.0 Å². The molecule has 7 nitrogen and oxygen atoms in total. The summed E-state index contributed by atoms with van der Waals surface area (Å²) in [6.07, 6.45) is 3.86. The molecule has 1 saturated carbocycles. The van der Waals surface area contributed by atoms with Crippen molar-refractivity contribution in [3.63, 3.8) is 0 Å². The van der Waals surface area contributed by atoms with E-state index >= 15 is 0 Å². The monoisotopic (exact) mass is 500 g/mol. The highest BCUT2D eigenvalue weighted by Gasteiger charge is 2.35. The second-order valence-electron chi connectivity index (χ2n) is 10.6. The Bertz CT molecular complexity index is 1050. The molecule has 0 saturated heterocycles. The molecular formula is C27H36N2O5S. The van der Waals surface area contributed by atoms with Crippen LogP contribution in [0.5, 0.6) is 5.75 Å². The summed E-state index contributed by atoms with van der Waals surface area (Å²) in [5.74, 6) is 0.597. The molecule has 0 radical (unpaired) electrons. The fourth-order valence-electron chi connectivity index (χ4n) is 4.88. The molecule has 0 spiro atoms. The molecule has 1 aliphatic carbocycles. The van der Waals surface area contributed by atoms with Crippen LogP contribution in [0.1, 0.15) is 58.4 Å². The Kier molecular flexibility index (Phi) is 7.81. The summed E-state index contributed by atoms with van der Waals surface area (Å²) in [6.45, 7) is 9.00. The van der Waals surface area contributed by atoms with Crippen molar-refractivity contribution in [1.82, 2.24) is 4.98 Å². The van der Waals surface area contributed by atoms with E-state index in [2.05, 4.69) is 20.8 Å². The van der Waals surface area contributed by atoms with E-state index in [1.807, 2.05) is 23.6 Å². The molecule has 4 rings (SSSR count). The summed E-state index contributed by atoms with van der Waals surface area (Å²) in [5.41, 5.74) is 2.54. The Labute approximate surface area is 211 Å². The molecule has 35 heavy (non-hydrogen) atoms. The van der Waals surface area contributed by atoms with Crippen molar-refractivity contribution < 1.29 is 23.8 Å². The van der Waals surface area contributed by atoms with Gasteiger partial charge in [-0.05, 0) is 62.1 Å². The molecule has 1 aromatic heterocycles. The van der Waals surface area contributed by atoms with Crippen molar-refractivity contribution in [1.29, 1.82) is 0 Å². The average Bonchev–Trinajstić information content (AvgIpc) is 3.29. The highest BCUT2D eigenvalue weighted by Crippen LogP contribution is 2.40. The minimum Gasteiger partial charge on any atom is -0.479 e. The molecule has 8 heteroatoms. The van der Waals surface area contributed by atoms with Gasteiger partial charge in [-0.15, -0.1) is 11.3 Å². The van der Waals surface area contributed by atoms with Gasteiger partial charge in [-0.2, -0.15) is 0 Å². The Morgan fingerprint density at radius 3 is 2.66 bits per heavy atom. The molecule has 1 aromatic carbocycles. The lowest BCUT2D eigenvalue weighted by Crippen LogP contribution is -2.47. The number of carbonyl (C=O) groups excluding carboxylic acids is 2. The zero-order valence-corrected chi connectivity index (χ0v) is 22.2. The molecule has 2 heterocycles. The summed E-state index contributed by atoms with van der Waals surface area (Å²) >= 11 is 1.58. The van der Waals surface area contributed by atoms with Gasteiger partial charge in [-0.25, -0.2) is 4.98 Å². The minimum atomic E-state index is -0.664. The first-order valence-electron chi connectivity index (χ1n) is 12.4. The maximum Gasteiger partial charge on any atom is 0.326 e. The van der Waals surface area contributed by atoms with Gasteiger partial charge in [0.05, 0.1) is 23.0 Å². The summed E-state index contributed by atoms with van der Waals surface area (Å²) in [5, 5.41) is 2.98. The maximum absolute atomic E-state index is 13.0. The van der Waals surface area contributed by atoms with Gasteiger partial charge in [0.25, 0.3) is 5.91 Å². The first kappa shape index (κ1) is 25.6. The molecule has 1 atom stereocenters. The van der Waals surface area contributed by atoms with Gasteiger partial charge in [0.15, 0.2) is 6.10 Å². The summed E-state index contributed by atoms with van der Waals surface area (Å²) in [7, 11) is 1.67. The predicted octanol–water partition coefficient (Wildman–Crippen LogP) is 5.26. The van der Waals surface area contributed by atoms with Crippen LogP contribution in [0.4, 0.5) is 5.69 Å². The van der Waals surface area contributed by atoms with E-state index in [4.69, 9.17) is 19.2 Å². The molecule has 2 aliphatic rings. The number of aromatic nitrogens is 1. The highest BCUT2D eigenvalue weighted by atomic mass is 32.1. The number of fused-ring (bicyclic) bond motifs is 1. The van der Waals surface area contributed by atoms with Crippen LogP contribution in [0.15, 0.2) is 23.6 Å². The zero-order valence-electron chi connectivity index (χ0n) is 21.3. The van der Waals surface area contributed by atoms with Crippen molar-refractivity contribution in [2.24, 2.45) is 11.3 Å². The number of amides is 1. The van der Waals surface area contributed by atoms with Crippen molar-refractivity contribution in [2.45, 2.75) is 72.0 Å². The third-order valence-corrected chi connectivity index (χ3v) is 7.93. The van der Waals surface area contributed by atoms with Gasteiger partial charge in [0, 0.05) is 24.5 Å². The molecule has 1 amide bonds. The number of thiazole rings is 1. The zero-order chi connectivity index (χ0) is 25.2. The fourth-order valence-corrected chi connectivity index (χ4v) is 5.66. The normalized spacial score (nSPS) is 22.5. The molecular weight excluding hydrogens is 464 g/mol. The van der Waals surface area contributed by atoms with Crippen molar-refractivity contribution in [2.75, 3.05) is 25.2 Å². The van der Waals surface area contributed by atoms with E-state index < -0.39 is 6.10 Å². The Morgan fingerprint density at radius 2 is 1.97 bits per heavy atom. The average molecular weight is 501 g/mol. The topological polar surface area (TPSA) is 78.0 Å². The third-order valence-electron chi connectivity index (χ3n) is 7.02. The van der Waals surface area contributed by atoms with Crippen LogP contribution in [0, 0.1) is 11.3 Å². The van der Waals surface area contributed by atoms with Crippen LogP contribution in [0.3, 0.4) is 0 Å². The molecule has 0 bridgehead atoms. The van der Waals surface area contributed by atoms with E-state index in [1.165, 1.54) is 4.90 Å². The SMILES string of the molecule is COCCc1nc(-c2ccc3c(c2)N(CC(=O)OC2CCC(C(C)(C)C)CC2)C(=O)C(C)O3)cs1. The van der Waals surface area contributed by atoms with Gasteiger partial charge in [-0.1, -0.05) is 20.8 Å². The molecule has 190 valence electrons. The summed E-state index contributed by atoms with van der Waals surface area (Å²) < 4.78 is 16.8. The lowest BCUT2D eigenvalue weighted by molar-refractivity contribution is -0.150. The van der Waals surface area contributed by atoms with Crippen LogP contribution in [-0.2, 0) is 25.5 Å². The third kappa shape index (κ3) is 6.04.